The molecule has 1 rings (SSSR count). The molecule has 0 atom stereocenters. The third kappa shape index (κ3) is 4.27. The molecule has 0 radical (unpaired) electrons. The minimum atomic E-state index is -0.563. The van der Waals surface area contributed by atoms with Gasteiger partial charge in [-0.3, -0.25) is 4.79 Å². The lowest BCUT2D eigenvalue weighted by Gasteiger charge is -2.45. The van der Waals surface area contributed by atoms with Gasteiger partial charge in [0.15, 0.2) is 6.61 Å². The first kappa shape index (κ1) is 20.0. The number of hydrogen-bond acceptors (Lipinski definition) is 4. The van der Waals surface area contributed by atoms with Gasteiger partial charge in [-0.15, -0.1) is 0 Å². The van der Waals surface area contributed by atoms with Crippen LogP contribution in [0.25, 0.3) is 0 Å². The van der Waals surface area contributed by atoms with E-state index in [1.807, 2.05) is 20.8 Å². The summed E-state index contributed by atoms with van der Waals surface area (Å²) < 4.78 is 11.1. The molecule has 23 heavy (non-hydrogen) atoms. The summed E-state index contributed by atoms with van der Waals surface area (Å²) in [4.78, 5) is 24.3. The quantitative estimate of drug-likeness (QED) is 0.609. The number of ether oxygens (including phenoxy) is 2. The monoisotopic (exact) mass is 326 g/mol. The van der Waals surface area contributed by atoms with Gasteiger partial charge in [0.2, 0.25) is 0 Å². The van der Waals surface area contributed by atoms with Crippen molar-refractivity contribution in [2.75, 3.05) is 6.61 Å². The first-order chi connectivity index (χ1) is 10.7. The summed E-state index contributed by atoms with van der Waals surface area (Å²) in [5.74, 6) is -0.758. The Morgan fingerprint density at radius 2 is 1.48 bits per heavy atom. The molecule has 4 nitrogen and oxygen atoms in total. The van der Waals surface area contributed by atoms with Gasteiger partial charge in [0.05, 0.1) is 5.41 Å². The lowest BCUT2D eigenvalue weighted by Crippen LogP contribution is -2.48. The van der Waals surface area contributed by atoms with Crippen LogP contribution in [-0.2, 0) is 19.1 Å². The SMILES string of the molecule is CCC(C)(C)C(=O)OCC(=O)OC1(C(C)(CC)CC)CCCC1. The van der Waals surface area contributed by atoms with Crippen LogP contribution in [0.4, 0.5) is 0 Å². The zero-order valence-corrected chi connectivity index (χ0v) is 15.8. The van der Waals surface area contributed by atoms with Crippen molar-refractivity contribution in [2.45, 2.75) is 92.1 Å². The lowest BCUT2D eigenvalue weighted by atomic mass is 9.68. The zero-order valence-electron chi connectivity index (χ0n) is 15.8. The Morgan fingerprint density at radius 1 is 0.957 bits per heavy atom. The van der Waals surface area contributed by atoms with E-state index in [1.165, 1.54) is 0 Å². The van der Waals surface area contributed by atoms with Gasteiger partial charge in [-0.1, -0.05) is 27.7 Å². The maximum atomic E-state index is 12.3. The van der Waals surface area contributed by atoms with Crippen LogP contribution in [0.2, 0.25) is 0 Å². The number of carbonyl (C=O) groups is 2. The summed E-state index contributed by atoms with van der Waals surface area (Å²) in [6.45, 7) is 11.8. The van der Waals surface area contributed by atoms with Crippen LogP contribution < -0.4 is 0 Å². The highest BCUT2D eigenvalue weighted by Gasteiger charge is 2.50. The molecule has 134 valence electrons. The topological polar surface area (TPSA) is 52.6 Å². The van der Waals surface area contributed by atoms with E-state index in [0.29, 0.717) is 6.42 Å². The summed E-state index contributed by atoms with van der Waals surface area (Å²) in [6.07, 6.45) is 6.61. The van der Waals surface area contributed by atoms with Crippen molar-refractivity contribution in [3.05, 3.63) is 0 Å². The van der Waals surface area contributed by atoms with Crippen molar-refractivity contribution in [1.29, 1.82) is 0 Å². The van der Waals surface area contributed by atoms with E-state index in [1.54, 1.807) is 0 Å². The Balaban J connectivity index is 2.72. The number of rotatable bonds is 8. The van der Waals surface area contributed by atoms with Crippen LogP contribution in [-0.4, -0.2) is 24.1 Å². The number of hydrogen-bond donors (Lipinski definition) is 0. The highest BCUT2D eigenvalue weighted by atomic mass is 16.6. The Kier molecular flexibility index (Phi) is 6.67. The molecular formula is C19H34O4. The summed E-state index contributed by atoms with van der Waals surface area (Å²) >= 11 is 0. The summed E-state index contributed by atoms with van der Waals surface area (Å²) in [7, 11) is 0. The molecule has 1 fully saturated rings. The second kappa shape index (κ2) is 7.67. The van der Waals surface area contributed by atoms with E-state index in [0.717, 1.165) is 38.5 Å². The molecule has 0 N–H and O–H groups in total. The maximum absolute atomic E-state index is 12.3. The normalized spacial score (nSPS) is 17.8. The standard InChI is InChI=1S/C19H34O4/c1-7-17(4,5)16(21)22-14-15(20)23-19(12-10-11-13-19)18(6,8-2)9-3/h7-14H2,1-6H3. The molecule has 0 saturated heterocycles. The number of esters is 2. The minimum absolute atomic E-state index is 0.0220. The molecule has 0 aliphatic heterocycles. The van der Waals surface area contributed by atoms with E-state index in [4.69, 9.17) is 9.47 Å². The maximum Gasteiger partial charge on any atom is 0.344 e. The molecule has 0 aromatic rings. The molecule has 0 aromatic heterocycles. The van der Waals surface area contributed by atoms with Crippen LogP contribution in [0.1, 0.15) is 86.5 Å². The van der Waals surface area contributed by atoms with E-state index < -0.39 is 17.0 Å². The molecule has 0 amide bonds. The summed E-state index contributed by atoms with van der Waals surface area (Å²) in [6, 6.07) is 0. The van der Waals surface area contributed by atoms with Crippen LogP contribution in [0.15, 0.2) is 0 Å². The molecule has 4 heteroatoms. The fourth-order valence-electron chi connectivity index (χ4n) is 3.38. The molecule has 0 bridgehead atoms. The predicted octanol–water partition coefficient (Wildman–Crippen LogP) is 4.65. The van der Waals surface area contributed by atoms with Gasteiger partial charge in [-0.25, -0.2) is 4.79 Å². The third-order valence-electron chi connectivity index (χ3n) is 6.14. The highest BCUT2D eigenvalue weighted by Crippen LogP contribution is 2.50. The Bertz CT molecular complexity index is 415. The zero-order chi connectivity index (χ0) is 17.7. The predicted molar refractivity (Wildman–Crippen MR) is 91.0 cm³/mol. The molecule has 0 spiro atoms. The Morgan fingerprint density at radius 3 is 1.91 bits per heavy atom. The summed E-state index contributed by atoms with van der Waals surface area (Å²) in [5, 5.41) is 0. The van der Waals surface area contributed by atoms with Crippen molar-refractivity contribution in [3.63, 3.8) is 0 Å². The van der Waals surface area contributed by atoms with Crippen LogP contribution in [0.3, 0.4) is 0 Å². The van der Waals surface area contributed by atoms with Gasteiger partial charge in [0.1, 0.15) is 5.60 Å². The smallest absolute Gasteiger partial charge is 0.344 e. The molecule has 1 aliphatic carbocycles. The largest absolute Gasteiger partial charge is 0.456 e. The van der Waals surface area contributed by atoms with Crippen molar-refractivity contribution in [2.24, 2.45) is 10.8 Å². The van der Waals surface area contributed by atoms with E-state index >= 15 is 0 Å². The van der Waals surface area contributed by atoms with Crippen LogP contribution in [0, 0.1) is 10.8 Å². The average molecular weight is 326 g/mol. The molecule has 1 saturated carbocycles. The van der Waals surface area contributed by atoms with Gasteiger partial charge in [-0.2, -0.15) is 0 Å². The van der Waals surface area contributed by atoms with Crippen molar-refractivity contribution >= 4 is 11.9 Å². The average Bonchev–Trinajstić information content (AvgIpc) is 3.01. The van der Waals surface area contributed by atoms with Gasteiger partial charge < -0.3 is 9.47 Å². The van der Waals surface area contributed by atoms with E-state index in [2.05, 4.69) is 20.8 Å². The molecule has 0 heterocycles. The Hall–Kier alpha value is -1.06. The fraction of sp³-hybridized carbons (Fsp3) is 0.895. The molecular weight excluding hydrogens is 292 g/mol. The fourth-order valence-corrected chi connectivity index (χ4v) is 3.38. The van der Waals surface area contributed by atoms with Gasteiger partial charge in [0.25, 0.3) is 0 Å². The van der Waals surface area contributed by atoms with E-state index in [9.17, 15) is 9.59 Å². The first-order valence-corrected chi connectivity index (χ1v) is 9.05. The van der Waals surface area contributed by atoms with E-state index in [-0.39, 0.29) is 18.0 Å². The summed E-state index contributed by atoms with van der Waals surface area (Å²) in [5.41, 5.74) is -0.987. The second-order valence-corrected chi connectivity index (χ2v) is 7.76. The van der Waals surface area contributed by atoms with Crippen LogP contribution >= 0.6 is 0 Å². The van der Waals surface area contributed by atoms with Crippen LogP contribution in [0.5, 0.6) is 0 Å². The first-order valence-electron chi connectivity index (χ1n) is 9.05. The van der Waals surface area contributed by atoms with Crippen molar-refractivity contribution in [3.8, 4) is 0 Å². The minimum Gasteiger partial charge on any atom is -0.456 e. The second-order valence-electron chi connectivity index (χ2n) is 7.76. The number of carbonyl (C=O) groups excluding carboxylic acids is 2. The van der Waals surface area contributed by atoms with Gasteiger partial charge in [-0.05, 0) is 58.8 Å². The third-order valence-corrected chi connectivity index (χ3v) is 6.14. The molecule has 0 aromatic carbocycles. The Labute approximate surface area is 141 Å². The lowest BCUT2D eigenvalue weighted by molar-refractivity contribution is -0.185. The van der Waals surface area contributed by atoms with Crippen molar-refractivity contribution < 1.29 is 19.1 Å². The van der Waals surface area contributed by atoms with Gasteiger partial charge in [0, 0.05) is 5.41 Å². The molecule has 0 unspecified atom stereocenters. The van der Waals surface area contributed by atoms with Crippen molar-refractivity contribution in [1.82, 2.24) is 0 Å². The van der Waals surface area contributed by atoms with Gasteiger partial charge >= 0.3 is 11.9 Å². The highest BCUT2D eigenvalue weighted by molar-refractivity contribution is 5.80. The molecule has 1 aliphatic rings.